The number of nitrogens with zero attached hydrogens (tertiary/aromatic N) is 6. The molecule has 0 aliphatic heterocycles. The average molecular weight is 306 g/mol. The minimum atomic E-state index is -0.593. The Balaban J connectivity index is 1.79. The molecule has 0 spiro atoms. The van der Waals surface area contributed by atoms with E-state index in [1.165, 1.54) is 16.0 Å². The Kier molecular flexibility index (Phi) is 3.69. The molecule has 0 saturated carbocycles. The summed E-state index contributed by atoms with van der Waals surface area (Å²) in [5, 5.41) is 18.5. The van der Waals surface area contributed by atoms with Crippen molar-refractivity contribution in [3.05, 3.63) is 28.5 Å². The SMILES string of the molecule is CCOC(=O)c1nnnn1Cc1noc(-c2ccsc2)n1. The van der Waals surface area contributed by atoms with Gasteiger partial charge in [0.2, 0.25) is 0 Å². The van der Waals surface area contributed by atoms with E-state index in [-0.39, 0.29) is 19.0 Å². The van der Waals surface area contributed by atoms with Crippen LogP contribution in [0.3, 0.4) is 0 Å². The fourth-order valence-electron chi connectivity index (χ4n) is 1.61. The van der Waals surface area contributed by atoms with Gasteiger partial charge in [-0.15, -0.1) is 5.10 Å². The minimum Gasteiger partial charge on any atom is -0.460 e. The summed E-state index contributed by atoms with van der Waals surface area (Å²) in [6.45, 7) is 2.07. The van der Waals surface area contributed by atoms with Gasteiger partial charge in [0, 0.05) is 5.38 Å². The second-order valence-corrected chi connectivity index (χ2v) is 4.69. The zero-order chi connectivity index (χ0) is 14.7. The number of esters is 1. The molecule has 0 radical (unpaired) electrons. The molecule has 10 heteroatoms. The molecule has 108 valence electrons. The average Bonchev–Trinajstić information content (AvgIpc) is 3.20. The lowest BCUT2D eigenvalue weighted by atomic mass is 10.3. The number of carbonyl (C=O) groups is 1. The van der Waals surface area contributed by atoms with Crippen molar-refractivity contribution in [2.45, 2.75) is 13.5 Å². The molecule has 3 heterocycles. The Hall–Kier alpha value is -2.62. The van der Waals surface area contributed by atoms with Crippen molar-refractivity contribution in [2.75, 3.05) is 6.61 Å². The van der Waals surface area contributed by atoms with Crippen LogP contribution in [-0.4, -0.2) is 42.9 Å². The van der Waals surface area contributed by atoms with Crippen LogP contribution in [-0.2, 0) is 11.3 Å². The third-order valence-electron chi connectivity index (χ3n) is 2.52. The standard InChI is InChI=1S/C11H10N6O3S/c1-2-19-11(18)9-13-15-16-17(9)5-8-12-10(20-14-8)7-3-4-21-6-7/h3-4,6H,2,5H2,1H3. The van der Waals surface area contributed by atoms with Crippen LogP contribution in [0, 0.1) is 0 Å². The van der Waals surface area contributed by atoms with Crippen LogP contribution >= 0.6 is 11.3 Å². The molecule has 0 amide bonds. The normalized spacial score (nSPS) is 10.7. The molecule has 0 bridgehead atoms. The molecule has 0 aliphatic rings. The van der Waals surface area contributed by atoms with Gasteiger partial charge in [0.25, 0.3) is 11.7 Å². The smallest absolute Gasteiger partial charge is 0.378 e. The van der Waals surface area contributed by atoms with Gasteiger partial charge in [0.05, 0.1) is 12.2 Å². The lowest BCUT2D eigenvalue weighted by molar-refractivity contribution is 0.0505. The Morgan fingerprint density at radius 2 is 2.43 bits per heavy atom. The maximum absolute atomic E-state index is 11.7. The van der Waals surface area contributed by atoms with E-state index in [4.69, 9.17) is 9.26 Å². The molecule has 3 rings (SSSR count). The van der Waals surface area contributed by atoms with Crippen LogP contribution in [0.5, 0.6) is 0 Å². The fraction of sp³-hybridized carbons (Fsp3) is 0.273. The van der Waals surface area contributed by atoms with Crippen molar-refractivity contribution in [1.82, 2.24) is 30.3 Å². The summed E-state index contributed by atoms with van der Waals surface area (Å²) in [6, 6.07) is 1.88. The largest absolute Gasteiger partial charge is 0.460 e. The fourth-order valence-corrected chi connectivity index (χ4v) is 2.24. The minimum absolute atomic E-state index is 0.00117. The summed E-state index contributed by atoms with van der Waals surface area (Å²) in [5.74, 6) is 0.189. The summed E-state index contributed by atoms with van der Waals surface area (Å²) in [6.07, 6.45) is 0. The number of tetrazole rings is 1. The first-order valence-electron chi connectivity index (χ1n) is 6.06. The van der Waals surface area contributed by atoms with E-state index in [1.54, 1.807) is 6.92 Å². The molecule has 3 aromatic heterocycles. The molecule has 0 atom stereocenters. The molecule has 0 N–H and O–H groups in total. The predicted octanol–water partition coefficient (Wildman–Crippen LogP) is 1.01. The van der Waals surface area contributed by atoms with Gasteiger partial charge >= 0.3 is 5.97 Å². The molecule has 0 unspecified atom stereocenters. The Morgan fingerprint density at radius 1 is 1.52 bits per heavy atom. The van der Waals surface area contributed by atoms with Gasteiger partial charge in [-0.3, -0.25) is 0 Å². The molecule has 21 heavy (non-hydrogen) atoms. The molecule has 0 fully saturated rings. The van der Waals surface area contributed by atoms with Crippen LogP contribution in [0.15, 0.2) is 21.3 Å². The molecular weight excluding hydrogens is 296 g/mol. The van der Waals surface area contributed by atoms with Crippen LogP contribution in [0.2, 0.25) is 0 Å². The van der Waals surface area contributed by atoms with E-state index in [1.807, 2.05) is 16.8 Å². The zero-order valence-electron chi connectivity index (χ0n) is 11.0. The van der Waals surface area contributed by atoms with Gasteiger partial charge in [-0.25, -0.2) is 9.48 Å². The molecular formula is C11H10N6O3S. The molecule has 3 aromatic rings. The van der Waals surface area contributed by atoms with E-state index < -0.39 is 5.97 Å². The second-order valence-electron chi connectivity index (χ2n) is 3.91. The lowest BCUT2D eigenvalue weighted by Gasteiger charge is -2.00. The maximum atomic E-state index is 11.7. The number of carbonyl (C=O) groups excluding carboxylic acids is 1. The van der Waals surface area contributed by atoms with E-state index in [9.17, 15) is 4.79 Å². The molecule has 0 aromatic carbocycles. The van der Waals surface area contributed by atoms with E-state index in [0.29, 0.717) is 11.7 Å². The highest BCUT2D eigenvalue weighted by molar-refractivity contribution is 7.08. The summed E-state index contributed by atoms with van der Waals surface area (Å²) >= 11 is 1.53. The Morgan fingerprint density at radius 3 is 3.19 bits per heavy atom. The first-order chi connectivity index (χ1) is 10.3. The van der Waals surface area contributed by atoms with Crippen LogP contribution in [0.25, 0.3) is 11.5 Å². The first-order valence-corrected chi connectivity index (χ1v) is 7.00. The van der Waals surface area contributed by atoms with Gasteiger partial charge in [-0.05, 0) is 28.8 Å². The van der Waals surface area contributed by atoms with E-state index in [0.717, 1.165) is 5.56 Å². The van der Waals surface area contributed by atoms with Gasteiger partial charge in [-0.2, -0.15) is 16.3 Å². The number of aromatic nitrogens is 6. The van der Waals surface area contributed by atoms with Crippen molar-refractivity contribution in [2.24, 2.45) is 0 Å². The second kappa shape index (κ2) is 5.79. The Labute approximate surface area is 122 Å². The van der Waals surface area contributed by atoms with Crippen molar-refractivity contribution >= 4 is 17.3 Å². The van der Waals surface area contributed by atoms with E-state index >= 15 is 0 Å². The van der Waals surface area contributed by atoms with Gasteiger partial charge in [-0.1, -0.05) is 5.16 Å². The van der Waals surface area contributed by atoms with Crippen molar-refractivity contribution in [3.8, 4) is 11.5 Å². The quantitative estimate of drug-likeness (QED) is 0.642. The third kappa shape index (κ3) is 2.79. The predicted molar refractivity (Wildman–Crippen MR) is 70.5 cm³/mol. The first kappa shape index (κ1) is 13.4. The van der Waals surface area contributed by atoms with Gasteiger partial charge < -0.3 is 9.26 Å². The summed E-state index contributed by atoms with van der Waals surface area (Å²) in [5.41, 5.74) is 0.848. The van der Waals surface area contributed by atoms with Crippen LogP contribution in [0.1, 0.15) is 23.4 Å². The Bertz CT molecular complexity index is 735. The number of ether oxygens (including phenoxy) is 1. The van der Waals surface area contributed by atoms with Crippen molar-refractivity contribution in [3.63, 3.8) is 0 Å². The summed E-state index contributed by atoms with van der Waals surface area (Å²) in [7, 11) is 0. The summed E-state index contributed by atoms with van der Waals surface area (Å²) in [4.78, 5) is 15.9. The number of hydrogen-bond donors (Lipinski definition) is 0. The molecule has 0 saturated heterocycles. The highest BCUT2D eigenvalue weighted by Crippen LogP contribution is 2.19. The monoisotopic (exact) mass is 306 g/mol. The number of hydrogen-bond acceptors (Lipinski definition) is 9. The lowest BCUT2D eigenvalue weighted by Crippen LogP contribution is -2.15. The molecule has 0 aliphatic carbocycles. The van der Waals surface area contributed by atoms with Gasteiger partial charge in [0.1, 0.15) is 6.54 Å². The van der Waals surface area contributed by atoms with Crippen molar-refractivity contribution in [1.29, 1.82) is 0 Å². The van der Waals surface area contributed by atoms with E-state index in [2.05, 4.69) is 25.7 Å². The van der Waals surface area contributed by atoms with Crippen molar-refractivity contribution < 1.29 is 14.1 Å². The number of thiophene rings is 1. The van der Waals surface area contributed by atoms with Crippen LogP contribution in [0.4, 0.5) is 0 Å². The number of rotatable bonds is 5. The maximum Gasteiger partial charge on any atom is 0.378 e. The zero-order valence-corrected chi connectivity index (χ0v) is 11.8. The molecule has 9 nitrogen and oxygen atoms in total. The third-order valence-corrected chi connectivity index (χ3v) is 3.20. The highest BCUT2D eigenvalue weighted by Gasteiger charge is 2.19. The van der Waals surface area contributed by atoms with Crippen LogP contribution < -0.4 is 0 Å². The van der Waals surface area contributed by atoms with Gasteiger partial charge in [0.15, 0.2) is 5.82 Å². The highest BCUT2D eigenvalue weighted by atomic mass is 32.1. The summed E-state index contributed by atoms with van der Waals surface area (Å²) < 4.78 is 11.3. The topological polar surface area (TPSA) is 109 Å².